The Morgan fingerprint density at radius 2 is 1.86 bits per heavy atom. The first-order chi connectivity index (χ1) is 10.3. The summed E-state index contributed by atoms with van der Waals surface area (Å²) in [7, 11) is 4.06. The minimum atomic E-state index is 0. The second-order valence-electron chi connectivity index (χ2n) is 5.62. The normalized spacial score (nSPS) is 17.7. The summed E-state index contributed by atoms with van der Waals surface area (Å²) in [5.74, 6) is 2.18. The summed E-state index contributed by atoms with van der Waals surface area (Å²) < 4.78 is 0. The minimum Gasteiger partial charge on any atom is -0.356 e. The van der Waals surface area contributed by atoms with E-state index < -0.39 is 0 Å². The quantitative estimate of drug-likeness (QED) is 0.258. The molecule has 2 N–H and O–H groups in total. The molecule has 0 spiro atoms. The first-order valence-corrected chi connectivity index (χ1v) is 9.50. The molecule has 0 aromatic carbocycles. The number of hydrogen-bond acceptors (Lipinski definition) is 4. The van der Waals surface area contributed by atoms with Crippen molar-refractivity contribution in [2.75, 3.05) is 71.9 Å². The molecule has 0 atom stereocenters. The maximum atomic E-state index is 4.28. The Balaban J connectivity index is 0.00000441. The van der Waals surface area contributed by atoms with Crippen molar-refractivity contribution in [1.29, 1.82) is 0 Å². The van der Waals surface area contributed by atoms with Crippen molar-refractivity contribution in [1.82, 2.24) is 20.4 Å². The number of thioether (sulfide) groups is 1. The SMILES string of the molecule is CN=C(NCCCCSC)NCCN1CCCN(C)CC1.I. The van der Waals surface area contributed by atoms with Crippen LogP contribution in [0, 0.1) is 0 Å². The third-order valence-electron chi connectivity index (χ3n) is 3.82. The smallest absolute Gasteiger partial charge is 0.191 e. The fourth-order valence-corrected chi connectivity index (χ4v) is 2.95. The molecule has 1 aliphatic rings. The maximum absolute atomic E-state index is 4.28. The van der Waals surface area contributed by atoms with Crippen molar-refractivity contribution >= 4 is 41.7 Å². The van der Waals surface area contributed by atoms with Crippen LogP contribution in [0.3, 0.4) is 0 Å². The first kappa shape index (κ1) is 22.3. The van der Waals surface area contributed by atoms with Crippen molar-refractivity contribution < 1.29 is 0 Å². The molecule has 0 aliphatic carbocycles. The molecule has 132 valence electrons. The number of nitrogens with zero attached hydrogens (tertiary/aromatic N) is 3. The molecule has 22 heavy (non-hydrogen) atoms. The average molecular weight is 443 g/mol. The summed E-state index contributed by atoms with van der Waals surface area (Å²) >= 11 is 1.92. The van der Waals surface area contributed by atoms with Gasteiger partial charge in [-0.3, -0.25) is 4.99 Å². The summed E-state index contributed by atoms with van der Waals surface area (Å²) in [5, 5.41) is 6.81. The molecule has 0 aromatic heterocycles. The van der Waals surface area contributed by atoms with Crippen LogP contribution < -0.4 is 10.6 Å². The number of halogens is 1. The second-order valence-corrected chi connectivity index (χ2v) is 6.61. The summed E-state index contributed by atoms with van der Waals surface area (Å²) in [5.41, 5.74) is 0. The number of hydrogen-bond donors (Lipinski definition) is 2. The van der Waals surface area contributed by atoms with E-state index in [1.807, 2.05) is 18.8 Å². The van der Waals surface area contributed by atoms with Crippen LogP contribution in [-0.2, 0) is 0 Å². The first-order valence-electron chi connectivity index (χ1n) is 8.10. The van der Waals surface area contributed by atoms with E-state index in [0.29, 0.717) is 0 Å². The van der Waals surface area contributed by atoms with Crippen molar-refractivity contribution in [2.45, 2.75) is 19.3 Å². The number of nitrogens with one attached hydrogen (secondary N) is 2. The third-order valence-corrected chi connectivity index (χ3v) is 4.52. The molecule has 0 unspecified atom stereocenters. The maximum Gasteiger partial charge on any atom is 0.191 e. The van der Waals surface area contributed by atoms with Crippen LogP contribution >= 0.6 is 35.7 Å². The van der Waals surface area contributed by atoms with Gasteiger partial charge in [0.1, 0.15) is 0 Å². The lowest BCUT2D eigenvalue weighted by Gasteiger charge is -2.21. The Morgan fingerprint density at radius 1 is 1.09 bits per heavy atom. The molecule has 0 saturated carbocycles. The molecule has 1 fully saturated rings. The molecule has 1 aliphatic heterocycles. The molecule has 1 saturated heterocycles. The van der Waals surface area contributed by atoms with Crippen LogP contribution in [0.1, 0.15) is 19.3 Å². The third kappa shape index (κ3) is 10.9. The van der Waals surface area contributed by atoms with Gasteiger partial charge in [-0.05, 0) is 51.4 Å². The van der Waals surface area contributed by atoms with Gasteiger partial charge >= 0.3 is 0 Å². The van der Waals surface area contributed by atoms with E-state index in [9.17, 15) is 0 Å². The van der Waals surface area contributed by atoms with Gasteiger partial charge in [-0.2, -0.15) is 11.8 Å². The number of rotatable bonds is 8. The lowest BCUT2D eigenvalue weighted by atomic mass is 10.3. The predicted octanol–water partition coefficient (Wildman–Crippen LogP) is 1.55. The van der Waals surface area contributed by atoms with Gasteiger partial charge in [-0.15, -0.1) is 24.0 Å². The van der Waals surface area contributed by atoms with Gasteiger partial charge in [-0.25, -0.2) is 0 Å². The van der Waals surface area contributed by atoms with Crippen LogP contribution in [0.4, 0.5) is 0 Å². The Hall–Kier alpha value is 0.270. The molecule has 5 nitrogen and oxygen atoms in total. The van der Waals surface area contributed by atoms with Crippen LogP contribution in [0.25, 0.3) is 0 Å². The van der Waals surface area contributed by atoms with Crippen LogP contribution in [0.2, 0.25) is 0 Å². The topological polar surface area (TPSA) is 42.9 Å². The highest BCUT2D eigenvalue weighted by molar-refractivity contribution is 14.0. The molecule has 0 amide bonds. The fourth-order valence-electron chi connectivity index (χ4n) is 2.45. The Labute approximate surface area is 158 Å². The van der Waals surface area contributed by atoms with E-state index >= 15 is 0 Å². The van der Waals surface area contributed by atoms with Crippen molar-refractivity contribution in [3.63, 3.8) is 0 Å². The summed E-state index contributed by atoms with van der Waals surface area (Å²) in [6.07, 6.45) is 5.92. The Kier molecular flexibility index (Phi) is 15.0. The van der Waals surface area contributed by atoms with Gasteiger partial charge in [0.2, 0.25) is 0 Å². The standard InChI is InChI=1S/C15H33N5S.HI/c1-16-15(17-7-4-5-14-21-3)18-8-11-20-10-6-9-19(2)12-13-20;/h4-14H2,1-3H3,(H2,16,17,18);1H. The second kappa shape index (κ2) is 14.8. The summed E-state index contributed by atoms with van der Waals surface area (Å²) in [4.78, 5) is 9.24. The lowest BCUT2D eigenvalue weighted by molar-refractivity contribution is 0.280. The molecule has 0 aromatic rings. The van der Waals surface area contributed by atoms with Crippen LogP contribution in [0.15, 0.2) is 4.99 Å². The number of unbranched alkanes of at least 4 members (excludes halogenated alkanes) is 1. The van der Waals surface area contributed by atoms with Gasteiger partial charge in [-0.1, -0.05) is 0 Å². The highest BCUT2D eigenvalue weighted by atomic mass is 127. The number of aliphatic imine (C=N–C) groups is 1. The fraction of sp³-hybridized carbons (Fsp3) is 0.933. The minimum absolute atomic E-state index is 0. The lowest BCUT2D eigenvalue weighted by Crippen LogP contribution is -2.42. The zero-order valence-corrected chi connectivity index (χ0v) is 17.6. The molecule has 1 heterocycles. The Morgan fingerprint density at radius 3 is 2.59 bits per heavy atom. The van der Waals surface area contributed by atoms with E-state index in [-0.39, 0.29) is 24.0 Å². The predicted molar refractivity (Wildman–Crippen MR) is 111 cm³/mol. The molecule has 1 rings (SSSR count). The van der Waals surface area contributed by atoms with Crippen molar-refractivity contribution in [2.24, 2.45) is 4.99 Å². The van der Waals surface area contributed by atoms with Crippen molar-refractivity contribution in [3.8, 4) is 0 Å². The molecule has 0 radical (unpaired) electrons. The van der Waals surface area contributed by atoms with E-state index in [4.69, 9.17) is 0 Å². The molecular weight excluding hydrogens is 409 g/mol. The van der Waals surface area contributed by atoms with E-state index in [2.05, 4.69) is 38.7 Å². The summed E-state index contributed by atoms with van der Waals surface area (Å²) in [6.45, 7) is 7.88. The van der Waals surface area contributed by atoms with E-state index in [0.717, 1.165) is 25.6 Å². The van der Waals surface area contributed by atoms with E-state index in [1.54, 1.807) is 0 Å². The van der Waals surface area contributed by atoms with Gasteiger partial charge in [0, 0.05) is 39.8 Å². The van der Waals surface area contributed by atoms with Gasteiger partial charge in [0.05, 0.1) is 0 Å². The monoisotopic (exact) mass is 443 g/mol. The van der Waals surface area contributed by atoms with Gasteiger partial charge in [0.25, 0.3) is 0 Å². The zero-order chi connectivity index (χ0) is 15.3. The summed E-state index contributed by atoms with van der Waals surface area (Å²) in [6, 6.07) is 0. The van der Waals surface area contributed by atoms with Gasteiger partial charge < -0.3 is 20.4 Å². The largest absolute Gasteiger partial charge is 0.356 e. The number of likely N-dealkylation sites (N-methyl/N-ethyl adjacent to an activating group) is 1. The van der Waals surface area contributed by atoms with E-state index in [1.165, 1.54) is 51.2 Å². The molecular formula is C15H34IN5S. The number of guanidine groups is 1. The highest BCUT2D eigenvalue weighted by Gasteiger charge is 2.11. The Bertz CT molecular complexity index is 291. The van der Waals surface area contributed by atoms with Crippen molar-refractivity contribution in [3.05, 3.63) is 0 Å². The molecule has 7 heteroatoms. The molecule has 0 bridgehead atoms. The average Bonchev–Trinajstić information content (AvgIpc) is 2.70. The van der Waals surface area contributed by atoms with Gasteiger partial charge in [0.15, 0.2) is 5.96 Å². The highest BCUT2D eigenvalue weighted by Crippen LogP contribution is 2.00. The zero-order valence-electron chi connectivity index (χ0n) is 14.4. The van der Waals surface area contributed by atoms with Crippen LogP contribution in [-0.4, -0.2) is 87.7 Å². The van der Waals surface area contributed by atoms with Crippen LogP contribution in [0.5, 0.6) is 0 Å².